The fourth-order valence-corrected chi connectivity index (χ4v) is 1.57. The molecule has 0 aromatic heterocycles. The van der Waals surface area contributed by atoms with Crippen LogP contribution in [0.3, 0.4) is 0 Å². The van der Waals surface area contributed by atoms with Gasteiger partial charge in [-0.3, -0.25) is 4.79 Å². The first-order valence-corrected chi connectivity index (χ1v) is 5.36. The van der Waals surface area contributed by atoms with E-state index < -0.39 is 35.2 Å². The summed E-state index contributed by atoms with van der Waals surface area (Å²) in [6, 6.07) is 1.70. The van der Waals surface area contributed by atoms with E-state index in [2.05, 4.69) is 10.6 Å². The number of carbonyl (C=O) groups is 1. The highest BCUT2D eigenvalue weighted by molar-refractivity contribution is 5.94. The molecule has 0 saturated carbocycles. The summed E-state index contributed by atoms with van der Waals surface area (Å²) in [6.07, 6.45) is -0.772. The molecule has 1 amide bonds. The fraction of sp³-hybridized carbons (Fsp3) is 0.364. The van der Waals surface area contributed by atoms with Crippen LogP contribution in [0.25, 0.3) is 0 Å². The maximum atomic E-state index is 13.3. The number of morpholine rings is 1. The molecule has 1 saturated heterocycles. The average molecular weight is 260 g/mol. The Morgan fingerprint density at radius 3 is 2.78 bits per heavy atom. The molecule has 2 rings (SSSR count). The van der Waals surface area contributed by atoms with Crippen molar-refractivity contribution in [2.24, 2.45) is 0 Å². The van der Waals surface area contributed by atoms with Crippen LogP contribution in [-0.4, -0.2) is 31.7 Å². The minimum atomic E-state index is -1.62. The molecule has 0 spiro atoms. The number of anilines is 1. The molecule has 1 aliphatic rings. The van der Waals surface area contributed by atoms with Crippen molar-refractivity contribution in [3.63, 3.8) is 0 Å². The van der Waals surface area contributed by atoms with Gasteiger partial charge >= 0.3 is 0 Å². The highest BCUT2D eigenvalue weighted by Gasteiger charge is 2.23. The minimum Gasteiger partial charge on any atom is -0.366 e. The zero-order valence-electron chi connectivity index (χ0n) is 9.30. The van der Waals surface area contributed by atoms with Gasteiger partial charge < -0.3 is 15.4 Å². The van der Waals surface area contributed by atoms with Crippen LogP contribution in [0.15, 0.2) is 12.1 Å². The zero-order chi connectivity index (χ0) is 13.1. The van der Waals surface area contributed by atoms with Crippen molar-refractivity contribution in [3.8, 4) is 0 Å². The van der Waals surface area contributed by atoms with E-state index in [0.717, 1.165) is 12.1 Å². The number of hydrogen-bond donors (Lipinski definition) is 2. The summed E-state index contributed by atoms with van der Waals surface area (Å²) in [6.45, 7) is 1.28. The van der Waals surface area contributed by atoms with Crippen LogP contribution in [0.2, 0.25) is 0 Å². The number of hydrogen-bond acceptors (Lipinski definition) is 3. The molecule has 0 bridgehead atoms. The first-order valence-electron chi connectivity index (χ1n) is 5.36. The summed E-state index contributed by atoms with van der Waals surface area (Å²) in [5.41, 5.74) is -0.409. The number of nitrogens with one attached hydrogen (secondary N) is 2. The van der Waals surface area contributed by atoms with Crippen molar-refractivity contribution < 1.29 is 22.7 Å². The van der Waals surface area contributed by atoms with E-state index in [1.54, 1.807) is 0 Å². The Hall–Kier alpha value is -1.60. The smallest absolute Gasteiger partial charge is 0.254 e. The van der Waals surface area contributed by atoms with Crippen molar-refractivity contribution in [2.75, 3.05) is 25.0 Å². The minimum absolute atomic E-state index is 0.289. The molecule has 0 aliphatic carbocycles. The number of amides is 1. The summed E-state index contributed by atoms with van der Waals surface area (Å²) < 4.78 is 44.1. The number of rotatable bonds is 2. The summed E-state index contributed by atoms with van der Waals surface area (Å²) in [4.78, 5) is 11.7. The zero-order valence-corrected chi connectivity index (χ0v) is 9.30. The van der Waals surface area contributed by atoms with Crippen molar-refractivity contribution in [2.45, 2.75) is 6.10 Å². The second-order valence-electron chi connectivity index (χ2n) is 3.78. The highest BCUT2D eigenvalue weighted by atomic mass is 19.2. The standard InChI is InChI=1S/C11H11F3N2O2/c12-6-1-2-7(10(14)9(6)13)16-11(17)8-5-15-3-4-18-8/h1-2,8,15H,3-5H2,(H,16,17). The molecule has 0 radical (unpaired) electrons. The van der Waals surface area contributed by atoms with E-state index in [9.17, 15) is 18.0 Å². The van der Waals surface area contributed by atoms with Crippen LogP contribution in [-0.2, 0) is 9.53 Å². The molecule has 1 aromatic carbocycles. The van der Waals surface area contributed by atoms with Gasteiger partial charge in [-0.25, -0.2) is 13.2 Å². The summed E-state index contributed by atoms with van der Waals surface area (Å²) >= 11 is 0. The highest BCUT2D eigenvalue weighted by Crippen LogP contribution is 2.19. The molecule has 1 aromatic rings. The van der Waals surface area contributed by atoms with E-state index >= 15 is 0 Å². The third-order valence-corrected chi connectivity index (χ3v) is 2.51. The second kappa shape index (κ2) is 5.36. The van der Waals surface area contributed by atoms with Gasteiger partial charge in [0.05, 0.1) is 12.3 Å². The first-order chi connectivity index (χ1) is 8.59. The molecule has 1 aliphatic heterocycles. The number of ether oxygens (including phenoxy) is 1. The van der Waals surface area contributed by atoms with Crippen molar-refractivity contribution in [3.05, 3.63) is 29.6 Å². The Kier molecular flexibility index (Phi) is 3.83. The predicted molar refractivity (Wildman–Crippen MR) is 57.6 cm³/mol. The van der Waals surface area contributed by atoms with Crippen LogP contribution in [0, 0.1) is 17.5 Å². The van der Waals surface area contributed by atoms with Crippen LogP contribution >= 0.6 is 0 Å². The second-order valence-corrected chi connectivity index (χ2v) is 3.78. The predicted octanol–water partition coefficient (Wildman–Crippen LogP) is 1.03. The lowest BCUT2D eigenvalue weighted by Crippen LogP contribution is -2.45. The Bertz CT molecular complexity index is 462. The lowest BCUT2D eigenvalue weighted by atomic mass is 10.2. The molecule has 98 valence electrons. The summed E-state index contributed by atoms with van der Waals surface area (Å²) in [7, 11) is 0. The van der Waals surface area contributed by atoms with Gasteiger partial charge in [0.1, 0.15) is 6.10 Å². The van der Waals surface area contributed by atoms with Gasteiger partial charge in [-0.15, -0.1) is 0 Å². The molecule has 1 atom stereocenters. The molecule has 1 heterocycles. The SMILES string of the molecule is O=C(Nc1ccc(F)c(F)c1F)C1CNCCO1. The third kappa shape index (κ3) is 2.62. The molecule has 1 fully saturated rings. The topological polar surface area (TPSA) is 50.4 Å². The van der Waals surface area contributed by atoms with E-state index in [-0.39, 0.29) is 6.54 Å². The molecular formula is C11H11F3N2O2. The van der Waals surface area contributed by atoms with Gasteiger partial charge in [0, 0.05) is 13.1 Å². The normalized spacial score (nSPS) is 19.6. The van der Waals surface area contributed by atoms with Crippen molar-refractivity contribution in [1.82, 2.24) is 5.32 Å². The Labute approximate surface area is 101 Å². The first kappa shape index (κ1) is 12.8. The quantitative estimate of drug-likeness (QED) is 0.781. The average Bonchev–Trinajstić information content (AvgIpc) is 2.40. The van der Waals surface area contributed by atoms with Gasteiger partial charge in [-0.2, -0.15) is 0 Å². The van der Waals surface area contributed by atoms with Gasteiger partial charge in [0.25, 0.3) is 5.91 Å². The summed E-state index contributed by atoms with van der Waals surface area (Å²) in [5, 5.41) is 5.09. The van der Waals surface area contributed by atoms with Crippen molar-refractivity contribution in [1.29, 1.82) is 0 Å². The summed E-state index contributed by atoms with van der Waals surface area (Å²) in [5.74, 6) is -4.95. The largest absolute Gasteiger partial charge is 0.366 e. The van der Waals surface area contributed by atoms with E-state index in [1.807, 2.05) is 0 Å². The Morgan fingerprint density at radius 1 is 1.33 bits per heavy atom. The van der Waals surface area contributed by atoms with Gasteiger partial charge in [0.2, 0.25) is 0 Å². The number of halogens is 3. The third-order valence-electron chi connectivity index (χ3n) is 2.51. The molecule has 7 heteroatoms. The van der Waals surface area contributed by atoms with Crippen molar-refractivity contribution >= 4 is 11.6 Å². The van der Waals surface area contributed by atoms with Crippen LogP contribution < -0.4 is 10.6 Å². The lowest BCUT2D eigenvalue weighted by molar-refractivity contribution is -0.128. The fourth-order valence-electron chi connectivity index (χ4n) is 1.57. The van der Waals surface area contributed by atoms with Gasteiger partial charge in [-0.05, 0) is 12.1 Å². The van der Waals surface area contributed by atoms with Gasteiger partial charge in [0.15, 0.2) is 17.5 Å². The molecule has 2 N–H and O–H groups in total. The Balaban J connectivity index is 2.09. The van der Waals surface area contributed by atoms with Crippen LogP contribution in [0.1, 0.15) is 0 Å². The van der Waals surface area contributed by atoms with E-state index in [4.69, 9.17) is 4.74 Å². The van der Waals surface area contributed by atoms with Gasteiger partial charge in [-0.1, -0.05) is 0 Å². The maximum absolute atomic E-state index is 13.3. The molecular weight excluding hydrogens is 249 g/mol. The molecule has 4 nitrogen and oxygen atoms in total. The lowest BCUT2D eigenvalue weighted by Gasteiger charge is -2.22. The maximum Gasteiger partial charge on any atom is 0.254 e. The number of carbonyl (C=O) groups excluding carboxylic acids is 1. The van der Waals surface area contributed by atoms with E-state index in [0.29, 0.717) is 13.2 Å². The Morgan fingerprint density at radius 2 is 2.11 bits per heavy atom. The van der Waals surface area contributed by atoms with Crippen LogP contribution in [0.5, 0.6) is 0 Å². The van der Waals surface area contributed by atoms with Crippen LogP contribution in [0.4, 0.5) is 18.9 Å². The monoisotopic (exact) mass is 260 g/mol. The molecule has 18 heavy (non-hydrogen) atoms. The molecule has 1 unspecified atom stereocenters. The number of benzene rings is 1. The van der Waals surface area contributed by atoms with E-state index in [1.165, 1.54) is 0 Å².